The molecule has 1 aromatic rings. The zero-order valence-electron chi connectivity index (χ0n) is 18.4. The zero-order chi connectivity index (χ0) is 25.8. The molecular formula is C20H22N8O6S2. The van der Waals surface area contributed by atoms with Crippen molar-refractivity contribution in [2.24, 2.45) is 16.1 Å². The van der Waals surface area contributed by atoms with Crippen molar-refractivity contribution in [3.05, 3.63) is 84.4 Å². The second-order valence-electron chi connectivity index (χ2n) is 7.49. The molecule has 0 bridgehead atoms. The predicted molar refractivity (Wildman–Crippen MR) is 134 cm³/mol. The lowest BCUT2D eigenvalue weighted by atomic mass is 9.96. The largest absolute Gasteiger partial charge is 0.292 e. The Labute approximate surface area is 207 Å². The molecule has 16 heteroatoms. The van der Waals surface area contributed by atoms with Gasteiger partial charge in [-0.05, 0) is 42.0 Å². The summed E-state index contributed by atoms with van der Waals surface area (Å²) in [6.07, 6.45) is 15.5. The Kier molecular flexibility index (Phi) is 6.84. The van der Waals surface area contributed by atoms with Gasteiger partial charge >= 0.3 is 0 Å². The highest BCUT2D eigenvalue weighted by molar-refractivity contribution is 8.05. The first kappa shape index (κ1) is 25.0. The number of hydrazone groups is 2. The number of allylic oxidation sites excluding steroid dienone is 5. The van der Waals surface area contributed by atoms with Crippen LogP contribution in [0.2, 0.25) is 0 Å². The van der Waals surface area contributed by atoms with Gasteiger partial charge in [0.25, 0.3) is 24.3 Å². The van der Waals surface area contributed by atoms with E-state index in [1.807, 2.05) is 0 Å². The van der Waals surface area contributed by atoms with Crippen molar-refractivity contribution in [1.29, 1.82) is 0 Å². The Morgan fingerprint density at radius 3 is 2.03 bits per heavy atom. The first-order chi connectivity index (χ1) is 17.1. The highest BCUT2D eigenvalue weighted by Gasteiger charge is 2.58. The summed E-state index contributed by atoms with van der Waals surface area (Å²) in [5.41, 5.74) is 12.3. The first-order valence-corrected chi connectivity index (χ1v) is 13.1. The van der Waals surface area contributed by atoms with Gasteiger partial charge in [-0.15, -0.1) is 20.7 Å². The molecule has 4 rings (SSSR count). The summed E-state index contributed by atoms with van der Waals surface area (Å²) in [6, 6.07) is 6.81. The average Bonchev–Trinajstić information content (AvgIpc) is 2.84. The fraction of sp³-hybridized carbons (Fsp3) is 0.100. The van der Waals surface area contributed by atoms with E-state index in [1.165, 1.54) is 41.9 Å². The first-order valence-electron chi connectivity index (χ1n) is 10.3. The summed E-state index contributed by atoms with van der Waals surface area (Å²) in [5.74, 6) is -1.47. The highest BCUT2D eigenvalue weighted by Crippen LogP contribution is 2.39. The van der Waals surface area contributed by atoms with Crippen LogP contribution in [0.3, 0.4) is 0 Å². The second kappa shape index (κ2) is 9.86. The van der Waals surface area contributed by atoms with Gasteiger partial charge in [-0.1, -0.05) is 30.4 Å². The van der Waals surface area contributed by atoms with Gasteiger partial charge in [0.1, 0.15) is 0 Å². The van der Waals surface area contributed by atoms with Gasteiger partial charge < -0.3 is 0 Å². The van der Waals surface area contributed by atoms with Crippen molar-refractivity contribution in [2.45, 2.75) is 4.08 Å². The van der Waals surface area contributed by atoms with Gasteiger partial charge in [-0.25, -0.2) is 0 Å². The Hall–Kier alpha value is -4.12. The van der Waals surface area contributed by atoms with Crippen molar-refractivity contribution in [3.63, 3.8) is 0 Å². The molecule has 0 fully saturated rings. The molecule has 36 heavy (non-hydrogen) atoms. The van der Waals surface area contributed by atoms with Crippen LogP contribution < -0.4 is 21.7 Å². The smallest absolute Gasteiger partial charge is 0.284 e. The van der Waals surface area contributed by atoms with E-state index in [9.17, 15) is 25.9 Å². The standard InChI is InChI=1S/C20H22N8O6S2/c29-35(30,31)20(36(32,33)34)15-19(26-28-23-13-2-14-24-28)10-7-17(20)6-3-16-4-8-18(9-5-16)25-27-21-11-1-12-22-27/h1-15,17,21,23,25-26H,(H,29,30,31)(H,32,33,34). The van der Waals surface area contributed by atoms with Crippen LogP contribution in [0.25, 0.3) is 6.08 Å². The molecule has 1 unspecified atom stereocenters. The number of hydrogen-bond acceptors (Lipinski definition) is 12. The number of hydrazine groups is 4. The molecule has 0 radical (unpaired) electrons. The maximum Gasteiger partial charge on any atom is 0.292 e. The van der Waals surface area contributed by atoms with E-state index in [-0.39, 0.29) is 5.70 Å². The van der Waals surface area contributed by atoms with E-state index in [0.717, 1.165) is 11.3 Å². The Balaban J connectivity index is 1.59. The van der Waals surface area contributed by atoms with Crippen LogP contribution in [0.1, 0.15) is 5.56 Å². The fourth-order valence-electron chi connectivity index (χ4n) is 3.44. The van der Waals surface area contributed by atoms with E-state index >= 15 is 0 Å². The highest BCUT2D eigenvalue weighted by atomic mass is 32.3. The van der Waals surface area contributed by atoms with Crippen LogP contribution in [0.15, 0.2) is 89.0 Å². The molecule has 190 valence electrons. The molecule has 0 amide bonds. The summed E-state index contributed by atoms with van der Waals surface area (Å²) in [5, 5.41) is 10.4. The van der Waals surface area contributed by atoms with Crippen molar-refractivity contribution in [3.8, 4) is 0 Å². The lowest BCUT2D eigenvalue weighted by molar-refractivity contribution is 0.170. The molecule has 0 saturated heterocycles. The van der Waals surface area contributed by atoms with E-state index in [2.05, 4.69) is 31.9 Å². The third-order valence-corrected chi connectivity index (χ3v) is 8.77. The lowest BCUT2D eigenvalue weighted by Gasteiger charge is -2.33. The fourth-order valence-corrected chi connectivity index (χ4v) is 6.06. The molecule has 2 heterocycles. The third kappa shape index (κ3) is 5.25. The number of nitrogens with one attached hydrogen (secondary N) is 4. The van der Waals surface area contributed by atoms with Gasteiger partial charge in [-0.3, -0.25) is 30.8 Å². The predicted octanol–water partition coefficient (Wildman–Crippen LogP) is 0.713. The second-order valence-corrected chi connectivity index (χ2v) is 11.0. The summed E-state index contributed by atoms with van der Waals surface area (Å²) in [6.45, 7) is 0. The van der Waals surface area contributed by atoms with E-state index in [1.54, 1.807) is 48.8 Å². The topological polar surface area (TPSA) is 188 Å². The minimum atomic E-state index is -5.39. The van der Waals surface area contributed by atoms with Crippen molar-refractivity contribution < 1.29 is 25.9 Å². The number of rotatable bonds is 8. The minimum absolute atomic E-state index is 0.0610. The summed E-state index contributed by atoms with van der Waals surface area (Å²) >= 11 is 0. The van der Waals surface area contributed by atoms with Crippen molar-refractivity contribution in [2.75, 3.05) is 5.43 Å². The molecule has 3 aliphatic rings. The molecule has 14 nitrogen and oxygen atoms in total. The number of hydrogen-bond donors (Lipinski definition) is 6. The van der Waals surface area contributed by atoms with E-state index in [4.69, 9.17) is 0 Å². The average molecular weight is 535 g/mol. The molecule has 0 aromatic heterocycles. The quantitative estimate of drug-likeness (QED) is 0.257. The van der Waals surface area contributed by atoms with Gasteiger partial charge in [-0.2, -0.15) is 16.8 Å². The molecule has 1 aromatic carbocycles. The van der Waals surface area contributed by atoms with Crippen LogP contribution in [0.5, 0.6) is 0 Å². The number of anilines is 1. The zero-order valence-corrected chi connectivity index (χ0v) is 20.0. The van der Waals surface area contributed by atoms with Gasteiger partial charge in [0.2, 0.25) is 0 Å². The third-order valence-electron chi connectivity index (χ3n) is 5.11. The van der Waals surface area contributed by atoms with Crippen molar-refractivity contribution in [1.82, 2.24) is 26.7 Å². The maximum atomic E-state index is 12.4. The Morgan fingerprint density at radius 2 is 1.50 bits per heavy atom. The number of benzene rings is 1. The van der Waals surface area contributed by atoms with Gasteiger partial charge in [0.05, 0.1) is 23.8 Å². The lowest BCUT2D eigenvalue weighted by Crippen LogP contribution is -2.52. The van der Waals surface area contributed by atoms with Crippen LogP contribution >= 0.6 is 0 Å². The summed E-state index contributed by atoms with van der Waals surface area (Å²) in [4.78, 5) is 0. The molecule has 1 aliphatic carbocycles. The minimum Gasteiger partial charge on any atom is -0.284 e. The normalized spacial score (nSPS) is 20.7. The maximum absolute atomic E-state index is 12.4. The number of nitrogens with zero attached hydrogens (tertiary/aromatic N) is 4. The molecule has 6 N–H and O–H groups in total. The Morgan fingerprint density at radius 1 is 0.917 bits per heavy atom. The van der Waals surface area contributed by atoms with Crippen LogP contribution in [0.4, 0.5) is 5.69 Å². The Bertz CT molecular complexity index is 1380. The monoisotopic (exact) mass is 534 g/mol. The van der Waals surface area contributed by atoms with Gasteiger partial charge in [0, 0.05) is 18.3 Å². The molecule has 2 aliphatic heterocycles. The van der Waals surface area contributed by atoms with Crippen LogP contribution in [0, 0.1) is 5.92 Å². The summed E-state index contributed by atoms with van der Waals surface area (Å²) in [7, 11) is -10.8. The van der Waals surface area contributed by atoms with Gasteiger partial charge in [0.15, 0.2) is 0 Å². The molecular weight excluding hydrogens is 512 g/mol. The van der Waals surface area contributed by atoms with Crippen LogP contribution in [-0.2, 0) is 20.2 Å². The van der Waals surface area contributed by atoms with E-state index in [0.29, 0.717) is 11.3 Å². The summed E-state index contributed by atoms with van der Waals surface area (Å²) < 4.78 is 66.6. The van der Waals surface area contributed by atoms with E-state index < -0.39 is 30.2 Å². The SMILES string of the molecule is O=S(=O)(O)C1(S(=O)(=O)O)C=C(NN2N=CC=CN2)C=CC1C=Cc1ccc(NN2N=CC=CN2)cc1. The molecule has 0 saturated carbocycles. The van der Waals surface area contributed by atoms with Crippen LogP contribution in [-0.4, -0.2) is 52.9 Å². The van der Waals surface area contributed by atoms with Crippen molar-refractivity contribution >= 4 is 44.4 Å². The molecule has 1 atom stereocenters. The molecule has 0 spiro atoms.